The molecule has 0 saturated carbocycles. The van der Waals surface area contributed by atoms with Gasteiger partial charge in [0.1, 0.15) is 5.58 Å². The first-order valence-corrected chi connectivity index (χ1v) is 4.69. The topological polar surface area (TPSA) is 36.9 Å². The normalized spacial score (nSPS) is 9.00. The van der Waals surface area contributed by atoms with E-state index in [4.69, 9.17) is 9.68 Å². The molecule has 0 aliphatic carbocycles. The number of rotatable bonds is 0. The van der Waals surface area contributed by atoms with Crippen LogP contribution in [0.4, 0.5) is 0 Å². The summed E-state index contributed by atoms with van der Waals surface area (Å²) in [7, 11) is 0. The molecule has 72 valence electrons. The molecule has 1 aromatic heterocycles. The third kappa shape index (κ3) is 1.77. The number of benzene rings is 1. The Morgan fingerprint density at radius 1 is 1.29 bits per heavy atom. The number of aryl methyl sites for hydroxylation is 1. The highest BCUT2D eigenvalue weighted by atomic mass is 16.3. The molecule has 0 radical (unpaired) electrons. The Kier molecular flexibility index (Phi) is 3.30. The fourth-order valence-corrected chi connectivity index (χ4v) is 1.23. The number of hydrogen-bond acceptors (Lipinski definition) is 2. The number of furan rings is 1. The zero-order chi connectivity index (χ0) is 10.6. The second-order valence-corrected chi connectivity index (χ2v) is 2.74. The molecule has 0 aliphatic heterocycles. The molecule has 1 heterocycles. The highest BCUT2D eigenvalue weighted by Crippen LogP contribution is 2.20. The first-order valence-electron chi connectivity index (χ1n) is 4.69. The molecule has 0 bridgehead atoms. The van der Waals surface area contributed by atoms with Crippen LogP contribution in [0.15, 0.2) is 28.9 Å². The molecule has 2 nitrogen and oxygen atoms in total. The molecule has 2 heteroatoms. The van der Waals surface area contributed by atoms with Gasteiger partial charge in [-0.1, -0.05) is 13.8 Å². The van der Waals surface area contributed by atoms with Gasteiger partial charge in [-0.2, -0.15) is 5.26 Å². The van der Waals surface area contributed by atoms with Gasteiger partial charge in [0.25, 0.3) is 0 Å². The van der Waals surface area contributed by atoms with Crippen LogP contribution in [0, 0.1) is 18.3 Å². The van der Waals surface area contributed by atoms with E-state index in [1.165, 1.54) is 0 Å². The summed E-state index contributed by atoms with van der Waals surface area (Å²) in [6.07, 6.45) is 1.70. The largest absolute Gasteiger partial charge is 0.464 e. The van der Waals surface area contributed by atoms with Gasteiger partial charge < -0.3 is 4.42 Å². The SMILES string of the molecule is CC.Cc1coc2cc(C#N)ccc12. The second-order valence-electron chi connectivity index (χ2n) is 2.74. The summed E-state index contributed by atoms with van der Waals surface area (Å²) in [5.41, 5.74) is 2.53. The van der Waals surface area contributed by atoms with Crippen molar-refractivity contribution in [2.75, 3.05) is 0 Å². The van der Waals surface area contributed by atoms with Crippen LogP contribution in [0.1, 0.15) is 25.0 Å². The Hall–Kier alpha value is -1.75. The van der Waals surface area contributed by atoms with Gasteiger partial charge in [0.2, 0.25) is 0 Å². The van der Waals surface area contributed by atoms with Gasteiger partial charge in [0.05, 0.1) is 17.9 Å². The number of nitrogens with zero attached hydrogens (tertiary/aromatic N) is 1. The van der Waals surface area contributed by atoms with Crippen molar-refractivity contribution in [3.8, 4) is 6.07 Å². The summed E-state index contributed by atoms with van der Waals surface area (Å²) in [5.74, 6) is 0. The van der Waals surface area contributed by atoms with E-state index in [1.807, 2.05) is 26.8 Å². The van der Waals surface area contributed by atoms with Crippen molar-refractivity contribution >= 4 is 11.0 Å². The molecule has 0 saturated heterocycles. The highest BCUT2D eigenvalue weighted by Gasteiger charge is 2.01. The standard InChI is InChI=1S/C10H7NO.C2H6/c1-7-6-12-10-4-8(5-11)2-3-9(7)10;1-2/h2-4,6H,1H3;1-2H3. The molecule has 0 aliphatic rings. The zero-order valence-electron chi connectivity index (χ0n) is 8.66. The smallest absolute Gasteiger partial charge is 0.135 e. The van der Waals surface area contributed by atoms with E-state index in [0.717, 1.165) is 16.5 Å². The van der Waals surface area contributed by atoms with Crippen molar-refractivity contribution in [1.29, 1.82) is 5.26 Å². The van der Waals surface area contributed by atoms with Gasteiger partial charge in [-0.05, 0) is 30.7 Å². The van der Waals surface area contributed by atoms with Crippen molar-refractivity contribution in [3.05, 3.63) is 35.6 Å². The van der Waals surface area contributed by atoms with Crippen molar-refractivity contribution in [2.45, 2.75) is 20.8 Å². The molecule has 0 fully saturated rings. The Morgan fingerprint density at radius 3 is 2.64 bits per heavy atom. The summed E-state index contributed by atoms with van der Waals surface area (Å²) in [5, 5.41) is 9.69. The van der Waals surface area contributed by atoms with Crippen LogP contribution in [0.2, 0.25) is 0 Å². The fourth-order valence-electron chi connectivity index (χ4n) is 1.23. The van der Waals surface area contributed by atoms with Crippen molar-refractivity contribution in [2.24, 2.45) is 0 Å². The van der Waals surface area contributed by atoms with Crippen LogP contribution >= 0.6 is 0 Å². The summed E-state index contributed by atoms with van der Waals surface area (Å²) >= 11 is 0. The van der Waals surface area contributed by atoms with E-state index >= 15 is 0 Å². The minimum Gasteiger partial charge on any atom is -0.464 e. The molecule has 0 N–H and O–H groups in total. The molecule has 0 spiro atoms. The molecule has 2 aromatic rings. The zero-order valence-corrected chi connectivity index (χ0v) is 8.66. The maximum absolute atomic E-state index is 8.61. The van der Waals surface area contributed by atoms with E-state index in [2.05, 4.69) is 6.07 Å². The number of fused-ring (bicyclic) bond motifs is 1. The lowest BCUT2D eigenvalue weighted by molar-refractivity contribution is 0.613. The summed E-state index contributed by atoms with van der Waals surface area (Å²) in [4.78, 5) is 0. The van der Waals surface area contributed by atoms with Gasteiger partial charge in [-0.25, -0.2) is 0 Å². The average Bonchev–Trinajstić information content (AvgIpc) is 2.63. The predicted molar refractivity (Wildman–Crippen MR) is 57.0 cm³/mol. The van der Waals surface area contributed by atoms with Crippen molar-refractivity contribution in [3.63, 3.8) is 0 Å². The fraction of sp³-hybridized carbons (Fsp3) is 0.250. The Bertz CT molecular complexity index is 463. The molecular weight excluding hydrogens is 174 g/mol. The highest BCUT2D eigenvalue weighted by molar-refractivity contribution is 5.81. The van der Waals surface area contributed by atoms with Crippen LogP contribution in [0.25, 0.3) is 11.0 Å². The van der Waals surface area contributed by atoms with Gasteiger partial charge in [-0.15, -0.1) is 0 Å². The van der Waals surface area contributed by atoms with E-state index in [0.29, 0.717) is 5.56 Å². The van der Waals surface area contributed by atoms with E-state index in [1.54, 1.807) is 18.4 Å². The lowest BCUT2D eigenvalue weighted by atomic mass is 10.1. The maximum atomic E-state index is 8.61. The lowest BCUT2D eigenvalue weighted by Gasteiger charge is -1.89. The quantitative estimate of drug-likeness (QED) is 0.631. The first-order chi connectivity index (χ1) is 6.81. The van der Waals surface area contributed by atoms with Crippen LogP contribution in [-0.4, -0.2) is 0 Å². The van der Waals surface area contributed by atoms with Gasteiger partial charge in [0.15, 0.2) is 0 Å². The molecule has 0 amide bonds. The average molecular weight is 187 g/mol. The van der Waals surface area contributed by atoms with Crippen LogP contribution in [-0.2, 0) is 0 Å². The van der Waals surface area contributed by atoms with Crippen LogP contribution in [0.3, 0.4) is 0 Å². The number of nitriles is 1. The van der Waals surface area contributed by atoms with Gasteiger partial charge >= 0.3 is 0 Å². The Morgan fingerprint density at radius 2 is 2.00 bits per heavy atom. The first kappa shape index (κ1) is 10.3. The van der Waals surface area contributed by atoms with Crippen LogP contribution in [0.5, 0.6) is 0 Å². The minimum atomic E-state index is 0.636. The van der Waals surface area contributed by atoms with Gasteiger partial charge in [-0.3, -0.25) is 0 Å². The molecule has 2 rings (SSSR count). The van der Waals surface area contributed by atoms with E-state index in [-0.39, 0.29) is 0 Å². The summed E-state index contributed by atoms with van der Waals surface area (Å²) in [6, 6.07) is 7.53. The third-order valence-electron chi connectivity index (χ3n) is 1.90. The van der Waals surface area contributed by atoms with Crippen LogP contribution < -0.4 is 0 Å². The molecule has 0 atom stereocenters. The number of hydrogen-bond donors (Lipinski definition) is 0. The lowest BCUT2D eigenvalue weighted by Crippen LogP contribution is -1.72. The van der Waals surface area contributed by atoms with Crippen molar-refractivity contribution < 1.29 is 4.42 Å². The van der Waals surface area contributed by atoms with Gasteiger partial charge in [0, 0.05) is 5.39 Å². The molecule has 1 aromatic carbocycles. The predicted octanol–water partition coefficient (Wildman–Crippen LogP) is 3.64. The summed E-state index contributed by atoms with van der Waals surface area (Å²) < 4.78 is 5.24. The monoisotopic (exact) mass is 187 g/mol. The van der Waals surface area contributed by atoms with E-state index < -0.39 is 0 Å². The summed E-state index contributed by atoms with van der Waals surface area (Å²) in [6.45, 7) is 5.98. The maximum Gasteiger partial charge on any atom is 0.135 e. The minimum absolute atomic E-state index is 0.636. The Balaban J connectivity index is 0.000000461. The Labute approximate surface area is 83.8 Å². The second kappa shape index (κ2) is 4.48. The molecule has 14 heavy (non-hydrogen) atoms. The third-order valence-corrected chi connectivity index (χ3v) is 1.90. The van der Waals surface area contributed by atoms with Crippen molar-refractivity contribution in [1.82, 2.24) is 0 Å². The van der Waals surface area contributed by atoms with E-state index in [9.17, 15) is 0 Å². The molecule has 0 unspecified atom stereocenters. The molecular formula is C12H13NO.